The van der Waals surface area contributed by atoms with Crippen LogP contribution in [0.25, 0.3) is 11.2 Å². The Balaban J connectivity index is 0.00000104. The second kappa shape index (κ2) is 7.13. The third-order valence-corrected chi connectivity index (χ3v) is 4.79. The standard InChI is InChI=1S/C15H20N6O.2ClH/c1-2-20-13-12(19-15(20)16)5-9(6-18-13)14(22)21-10-3-4-11(21)8-17-7-10;;/h5-6,10-11,17H,2-4,7-8H2,1H3,(H2,16,19);2*1H/t10-,11+;;. The molecule has 2 aliphatic rings. The van der Waals surface area contributed by atoms with Gasteiger partial charge in [0.2, 0.25) is 5.95 Å². The number of amides is 1. The third-order valence-electron chi connectivity index (χ3n) is 4.79. The number of aromatic nitrogens is 3. The summed E-state index contributed by atoms with van der Waals surface area (Å²) in [6.45, 7) is 4.48. The molecule has 2 saturated heterocycles. The van der Waals surface area contributed by atoms with E-state index in [1.807, 2.05) is 22.5 Å². The number of nitrogens with two attached hydrogens (primary N) is 1. The molecule has 2 aromatic rings. The molecule has 9 heteroatoms. The van der Waals surface area contributed by atoms with Crippen LogP contribution in [0, 0.1) is 0 Å². The summed E-state index contributed by atoms with van der Waals surface area (Å²) < 4.78 is 1.85. The molecule has 2 aliphatic heterocycles. The summed E-state index contributed by atoms with van der Waals surface area (Å²) in [6.07, 6.45) is 3.81. The maximum Gasteiger partial charge on any atom is 0.256 e. The molecule has 0 unspecified atom stereocenters. The maximum absolute atomic E-state index is 12.9. The SMILES string of the molecule is CCn1c(N)nc2cc(C(=O)N3[C@@H]4CC[C@H]3CNC4)cnc21.Cl.Cl. The first-order valence-electron chi connectivity index (χ1n) is 7.84. The van der Waals surface area contributed by atoms with Gasteiger partial charge in [-0.05, 0) is 25.8 Å². The van der Waals surface area contributed by atoms with Crippen LogP contribution in [0.4, 0.5) is 5.95 Å². The van der Waals surface area contributed by atoms with E-state index in [4.69, 9.17) is 5.73 Å². The Morgan fingerprint density at radius 3 is 2.62 bits per heavy atom. The van der Waals surface area contributed by atoms with Crippen molar-refractivity contribution in [2.24, 2.45) is 0 Å². The minimum Gasteiger partial charge on any atom is -0.369 e. The molecule has 0 aliphatic carbocycles. The van der Waals surface area contributed by atoms with E-state index in [2.05, 4.69) is 15.3 Å². The van der Waals surface area contributed by atoms with E-state index in [1.165, 1.54) is 0 Å². The highest BCUT2D eigenvalue weighted by Gasteiger charge is 2.39. The molecule has 3 N–H and O–H groups in total. The number of piperazine rings is 1. The molecule has 4 heterocycles. The van der Waals surface area contributed by atoms with Crippen LogP contribution in [-0.4, -0.2) is 50.5 Å². The monoisotopic (exact) mass is 372 g/mol. The van der Waals surface area contributed by atoms with Crippen molar-refractivity contribution in [3.8, 4) is 0 Å². The molecule has 2 aromatic heterocycles. The van der Waals surface area contributed by atoms with Crippen molar-refractivity contribution in [2.75, 3.05) is 18.8 Å². The zero-order chi connectivity index (χ0) is 15.3. The Kier molecular flexibility index (Phi) is 5.57. The Bertz CT molecular complexity index is 733. The number of rotatable bonds is 2. The second-order valence-corrected chi connectivity index (χ2v) is 6.04. The van der Waals surface area contributed by atoms with Crippen LogP contribution in [0.5, 0.6) is 0 Å². The van der Waals surface area contributed by atoms with Crippen LogP contribution in [0.15, 0.2) is 12.3 Å². The van der Waals surface area contributed by atoms with Crippen LogP contribution in [-0.2, 0) is 6.54 Å². The van der Waals surface area contributed by atoms with Crippen LogP contribution in [0.2, 0.25) is 0 Å². The van der Waals surface area contributed by atoms with Gasteiger partial charge in [-0.2, -0.15) is 0 Å². The van der Waals surface area contributed by atoms with Crippen LogP contribution >= 0.6 is 24.8 Å². The highest BCUT2D eigenvalue weighted by molar-refractivity contribution is 5.97. The molecular formula is C15H22Cl2N6O. The van der Waals surface area contributed by atoms with Gasteiger partial charge in [-0.25, -0.2) is 9.97 Å². The molecule has 2 bridgehead atoms. The van der Waals surface area contributed by atoms with E-state index in [1.54, 1.807) is 6.20 Å². The van der Waals surface area contributed by atoms with Gasteiger partial charge in [0.1, 0.15) is 5.52 Å². The number of hydrogen-bond donors (Lipinski definition) is 2. The van der Waals surface area contributed by atoms with E-state index in [-0.39, 0.29) is 30.7 Å². The molecule has 0 aromatic carbocycles. The highest BCUT2D eigenvalue weighted by Crippen LogP contribution is 2.28. The molecular weight excluding hydrogens is 351 g/mol. The number of aryl methyl sites for hydroxylation is 1. The van der Waals surface area contributed by atoms with Gasteiger partial charge < -0.3 is 16.0 Å². The first-order chi connectivity index (χ1) is 10.7. The van der Waals surface area contributed by atoms with Crippen LogP contribution in [0.1, 0.15) is 30.1 Å². The van der Waals surface area contributed by atoms with Gasteiger partial charge in [-0.3, -0.25) is 9.36 Å². The molecule has 4 rings (SSSR count). The first kappa shape index (κ1) is 18.8. The molecule has 2 fully saturated rings. The van der Waals surface area contributed by atoms with Gasteiger partial charge in [-0.15, -0.1) is 24.8 Å². The number of nitrogen functional groups attached to an aromatic ring is 1. The van der Waals surface area contributed by atoms with E-state index < -0.39 is 0 Å². The number of nitrogens with one attached hydrogen (secondary N) is 1. The van der Waals surface area contributed by atoms with Crippen LogP contribution < -0.4 is 11.1 Å². The lowest BCUT2D eigenvalue weighted by molar-refractivity contribution is 0.0619. The molecule has 1 amide bonds. The van der Waals surface area contributed by atoms with E-state index in [0.29, 0.717) is 35.7 Å². The number of anilines is 1. The Morgan fingerprint density at radius 2 is 2.00 bits per heavy atom. The summed E-state index contributed by atoms with van der Waals surface area (Å²) in [4.78, 5) is 23.6. The largest absolute Gasteiger partial charge is 0.369 e. The number of carbonyl (C=O) groups excluding carboxylic acids is 1. The summed E-state index contributed by atoms with van der Waals surface area (Å²) >= 11 is 0. The highest BCUT2D eigenvalue weighted by atomic mass is 35.5. The molecule has 2 atom stereocenters. The quantitative estimate of drug-likeness (QED) is 0.832. The van der Waals surface area contributed by atoms with Crippen molar-refractivity contribution in [1.82, 2.24) is 24.8 Å². The fourth-order valence-electron chi connectivity index (χ4n) is 3.72. The average molecular weight is 373 g/mol. The predicted octanol–water partition coefficient (Wildman–Crippen LogP) is 1.45. The second-order valence-electron chi connectivity index (χ2n) is 6.04. The van der Waals surface area contributed by atoms with Crippen LogP contribution in [0.3, 0.4) is 0 Å². The number of nitrogens with zero attached hydrogens (tertiary/aromatic N) is 4. The zero-order valence-corrected chi connectivity index (χ0v) is 15.1. The minimum atomic E-state index is 0. The fourth-order valence-corrected chi connectivity index (χ4v) is 3.72. The number of halogens is 2. The minimum absolute atomic E-state index is 0. The number of imidazole rings is 1. The lowest BCUT2D eigenvalue weighted by Crippen LogP contribution is -2.54. The fraction of sp³-hybridized carbons (Fsp3) is 0.533. The number of fused-ring (bicyclic) bond motifs is 3. The van der Waals surface area contributed by atoms with E-state index in [9.17, 15) is 4.79 Å². The lowest BCUT2D eigenvalue weighted by Gasteiger charge is -2.35. The molecule has 132 valence electrons. The van der Waals surface area contributed by atoms with Gasteiger partial charge in [0.05, 0.1) is 5.56 Å². The van der Waals surface area contributed by atoms with Gasteiger partial charge >= 0.3 is 0 Å². The molecule has 24 heavy (non-hydrogen) atoms. The maximum atomic E-state index is 12.9. The van der Waals surface area contributed by atoms with E-state index in [0.717, 1.165) is 31.6 Å². The van der Waals surface area contributed by atoms with E-state index >= 15 is 0 Å². The van der Waals surface area contributed by atoms with Crippen molar-refractivity contribution in [2.45, 2.75) is 38.4 Å². The average Bonchev–Trinajstić information content (AvgIpc) is 2.97. The van der Waals surface area contributed by atoms with Crippen molar-refractivity contribution in [3.05, 3.63) is 17.8 Å². The van der Waals surface area contributed by atoms with Gasteiger partial charge in [-0.1, -0.05) is 0 Å². The summed E-state index contributed by atoms with van der Waals surface area (Å²) in [5.74, 6) is 0.505. The topological polar surface area (TPSA) is 89.1 Å². The van der Waals surface area contributed by atoms with Gasteiger partial charge in [0, 0.05) is 37.9 Å². The number of hydrogen-bond acceptors (Lipinski definition) is 5. The van der Waals surface area contributed by atoms with Crippen molar-refractivity contribution >= 4 is 47.8 Å². The van der Waals surface area contributed by atoms with Gasteiger partial charge in [0.25, 0.3) is 5.91 Å². The Hall–Kier alpha value is -1.57. The Morgan fingerprint density at radius 1 is 1.33 bits per heavy atom. The normalized spacial score (nSPS) is 22.1. The Labute approximate surface area is 152 Å². The van der Waals surface area contributed by atoms with Gasteiger partial charge in [0.15, 0.2) is 5.65 Å². The van der Waals surface area contributed by atoms with Crippen molar-refractivity contribution < 1.29 is 4.79 Å². The van der Waals surface area contributed by atoms with Crippen molar-refractivity contribution in [3.63, 3.8) is 0 Å². The number of pyridine rings is 1. The lowest BCUT2D eigenvalue weighted by atomic mass is 10.1. The summed E-state index contributed by atoms with van der Waals surface area (Å²) in [6, 6.07) is 2.43. The molecule has 0 saturated carbocycles. The summed E-state index contributed by atoms with van der Waals surface area (Å²) in [5, 5.41) is 3.39. The summed E-state index contributed by atoms with van der Waals surface area (Å²) in [5.41, 5.74) is 7.92. The number of carbonyl (C=O) groups is 1. The zero-order valence-electron chi connectivity index (χ0n) is 13.4. The first-order valence-corrected chi connectivity index (χ1v) is 7.84. The van der Waals surface area contributed by atoms with Crippen molar-refractivity contribution in [1.29, 1.82) is 0 Å². The smallest absolute Gasteiger partial charge is 0.256 e. The molecule has 0 spiro atoms. The predicted molar refractivity (Wildman–Crippen MR) is 98.0 cm³/mol. The molecule has 7 nitrogen and oxygen atoms in total. The summed E-state index contributed by atoms with van der Waals surface area (Å²) in [7, 11) is 0. The third kappa shape index (κ3) is 2.81. The molecule has 0 radical (unpaired) electrons.